The first kappa shape index (κ1) is 27.3. The molecule has 198 valence electrons. The predicted octanol–water partition coefficient (Wildman–Crippen LogP) is 3.91. The molecule has 4 rings (SSSR count). The lowest BCUT2D eigenvalue weighted by Gasteiger charge is -2.17. The lowest BCUT2D eigenvalue weighted by atomic mass is 9.99. The molecule has 0 fully saturated rings. The van der Waals surface area contributed by atoms with E-state index < -0.39 is 17.7 Å². The molecule has 37 heavy (non-hydrogen) atoms. The average Bonchev–Trinajstić information content (AvgIpc) is 3.22. The van der Waals surface area contributed by atoms with Crippen LogP contribution >= 0.6 is 7.82 Å². The monoisotopic (exact) mass is 547 g/mol. The molecule has 3 N–H and O–H groups in total. The zero-order chi connectivity index (χ0) is 26.8. The average molecular weight is 548 g/mol. The third-order valence-electron chi connectivity index (χ3n) is 6.05. The summed E-state index contributed by atoms with van der Waals surface area (Å²) in [6.07, 6.45) is 1.78. The van der Waals surface area contributed by atoms with Crippen LogP contribution in [0.15, 0.2) is 53.6 Å². The van der Waals surface area contributed by atoms with Crippen molar-refractivity contribution in [2.75, 3.05) is 39.1 Å². The van der Waals surface area contributed by atoms with Crippen LogP contribution in [-0.2, 0) is 18.9 Å². The summed E-state index contributed by atoms with van der Waals surface area (Å²) in [5, 5.41) is 1.80. The summed E-state index contributed by atoms with van der Waals surface area (Å²) < 4.78 is 46.4. The standard InChI is InChI=1S/C25H30N3O7PS/c1-4-37(32,33)19-7-5-6-18(15-19)20-8-9-22(34-12-10-28(3)11-13-35-36(29,30)31)24-23(20)21-14-17(2)16-26-25(21)27-24/h5-9,14-16H,4,10-13H2,1-3H3,(H,26,27)(H2,29,30,31). The Morgan fingerprint density at radius 3 is 2.59 bits per heavy atom. The fourth-order valence-corrected chi connectivity index (χ4v) is 5.33. The van der Waals surface area contributed by atoms with Gasteiger partial charge in [-0.1, -0.05) is 19.1 Å². The van der Waals surface area contributed by atoms with Gasteiger partial charge in [-0.2, -0.15) is 0 Å². The Hall–Kier alpha value is -2.79. The Kier molecular flexibility index (Phi) is 8.03. The van der Waals surface area contributed by atoms with Crippen molar-refractivity contribution in [1.82, 2.24) is 14.9 Å². The number of nitrogens with zero attached hydrogens (tertiary/aromatic N) is 2. The maximum Gasteiger partial charge on any atom is 0.469 e. The number of aryl methyl sites for hydroxylation is 1. The SMILES string of the molecule is CCS(=O)(=O)c1cccc(-c2ccc(OCCN(C)CCOP(=O)(O)O)c3[nH]c4ncc(C)cc4c23)c1. The molecule has 2 heterocycles. The molecule has 0 aliphatic heterocycles. The van der Waals surface area contributed by atoms with Crippen molar-refractivity contribution in [2.24, 2.45) is 0 Å². The van der Waals surface area contributed by atoms with Crippen LogP contribution in [0.1, 0.15) is 12.5 Å². The molecule has 0 atom stereocenters. The van der Waals surface area contributed by atoms with Gasteiger partial charge in [0.2, 0.25) is 0 Å². The highest BCUT2D eigenvalue weighted by Gasteiger charge is 2.18. The van der Waals surface area contributed by atoms with Crippen LogP contribution in [0.25, 0.3) is 33.1 Å². The van der Waals surface area contributed by atoms with Gasteiger partial charge < -0.3 is 24.4 Å². The van der Waals surface area contributed by atoms with E-state index >= 15 is 0 Å². The molecular weight excluding hydrogens is 517 g/mol. The summed E-state index contributed by atoms with van der Waals surface area (Å²) >= 11 is 0. The van der Waals surface area contributed by atoms with Gasteiger partial charge in [0, 0.05) is 30.1 Å². The molecule has 0 saturated carbocycles. The number of aromatic amines is 1. The van der Waals surface area contributed by atoms with Crippen LogP contribution in [0.2, 0.25) is 0 Å². The fraction of sp³-hybridized carbons (Fsp3) is 0.320. The minimum Gasteiger partial charge on any atom is -0.490 e. The Morgan fingerprint density at radius 1 is 1.11 bits per heavy atom. The van der Waals surface area contributed by atoms with Gasteiger partial charge >= 0.3 is 7.82 Å². The summed E-state index contributed by atoms with van der Waals surface area (Å²) in [6.45, 7) is 4.65. The van der Waals surface area contributed by atoms with Gasteiger partial charge in [-0.25, -0.2) is 18.0 Å². The van der Waals surface area contributed by atoms with Gasteiger partial charge in [0.25, 0.3) is 0 Å². The highest BCUT2D eigenvalue weighted by atomic mass is 32.2. The number of phosphoric ester groups is 1. The first-order valence-corrected chi connectivity index (χ1v) is 14.9. The van der Waals surface area contributed by atoms with Crippen molar-refractivity contribution in [3.05, 3.63) is 54.2 Å². The zero-order valence-corrected chi connectivity index (χ0v) is 22.6. The molecule has 0 aliphatic carbocycles. The first-order valence-electron chi connectivity index (χ1n) is 11.7. The minimum atomic E-state index is -4.49. The Morgan fingerprint density at radius 2 is 1.86 bits per heavy atom. The number of sulfone groups is 1. The van der Waals surface area contributed by atoms with Crippen LogP contribution in [0, 0.1) is 6.92 Å². The van der Waals surface area contributed by atoms with Gasteiger partial charge in [-0.05, 0) is 61.0 Å². The molecule has 0 unspecified atom stereocenters. The largest absolute Gasteiger partial charge is 0.490 e. The lowest BCUT2D eigenvalue weighted by molar-refractivity contribution is 0.163. The Bertz CT molecular complexity index is 1580. The maximum absolute atomic E-state index is 12.5. The van der Waals surface area contributed by atoms with Crippen molar-refractivity contribution in [1.29, 1.82) is 0 Å². The van der Waals surface area contributed by atoms with Gasteiger partial charge in [0.1, 0.15) is 18.0 Å². The number of benzene rings is 2. The lowest BCUT2D eigenvalue weighted by Crippen LogP contribution is -2.27. The van der Waals surface area contributed by atoms with Crippen molar-refractivity contribution < 1.29 is 32.0 Å². The molecule has 0 bridgehead atoms. The fourth-order valence-electron chi connectivity index (χ4n) is 4.09. The minimum absolute atomic E-state index is 0.0225. The van der Waals surface area contributed by atoms with E-state index in [4.69, 9.17) is 14.5 Å². The maximum atomic E-state index is 12.5. The third kappa shape index (κ3) is 6.38. The molecule has 12 heteroatoms. The van der Waals surface area contributed by atoms with Gasteiger partial charge in [0.15, 0.2) is 9.84 Å². The molecule has 0 aliphatic rings. The van der Waals surface area contributed by atoms with E-state index in [0.717, 1.165) is 33.0 Å². The summed E-state index contributed by atoms with van der Waals surface area (Å²) in [5.41, 5.74) is 4.08. The van der Waals surface area contributed by atoms with Crippen LogP contribution in [0.5, 0.6) is 5.75 Å². The van der Waals surface area contributed by atoms with Gasteiger partial charge in [-0.15, -0.1) is 0 Å². The quantitative estimate of drug-likeness (QED) is 0.238. The van der Waals surface area contributed by atoms with Crippen LogP contribution in [0.4, 0.5) is 0 Å². The molecule has 2 aromatic heterocycles. The number of pyridine rings is 1. The van der Waals surface area contributed by atoms with E-state index in [1.807, 2.05) is 36.1 Å². The second-order valence-corrected chi connectivity index (χ2v) is 12.3. The number of nitrogens with one attached hydrogen (secondary N) is 1. The molecule has 0 saturated heterocycles. The number of hydrogen-bond donors (Lipinski definition) is 3. The predicted molar refractivity (Wildman–Crippen MR) is 142 cm³/mol. The third-order valence-corrected chi connectivity index (χ3v) is 8.30. The summed E-state index contributed by atoms with van der Waals surface area (Å²) in [5.74, 6) is 0.640. The van der Waals surface area contributed by atoms with Crippen molar-refractivity contribution in [3.8, 4) is 16.9 Å². The number of phosphoric acid groups is 1. The number of aromatic nitrogens is 2. The van der Waals surface area contributed by atoms with E-state index in [0.29, 0.717) is 31.1 Å². The first-order chi connectivity index (χ1) is 17.5. The van der Waals surface area contributed by atoms with E-state index in [1.54, 1.807) is 38.4 Å². The van der Waals surface area contributed by atoms with E-state index in [-0.39, 0.29) is 17.3 Å². The smallest absolute Gasteiger partial charge is 0.469 e. The molecule has 0 amide bonds. The number of rotatable bonds is 11. The molecular formula is C25H30N3O7PS. The second kappa shape index (κ2) is 10.9. The number of likely N-dealkylation sites (N-methyl/N-ethyl adjacent to an activating group) is 1. The molecule has 4 aromatic rings. The zero-order valence-electron chi connectivity index (χ0n) is 20.8. The van der Waals surface area contributed by atoms with Crippen LogP contribution < -0.4 is 4.74 Å². The van der Waals surface area contributed by atoms with E-state index in [2.05, 4.69) is 14.5 Å². The highest BCUT2D eigenvalue weighted by molar-refractivity contribution is 7.91. The molecule has 10 nitrogen and oxygen atoms in total. The molecule has 0 radical (unpaired) electrons. The number of H-pyrrole nitrogens is 1. The van der Waals surface area contributed by atoms with E-state index in [1.165, 1.54) is 0 Å². The topological polar surface area (TPSA) is 142 Å². The van der Waals surface area contributed by atoms with Crippen molar-refractivity contribution >= 4 is 39.6 Å². The summed E-state index contributed by atoms with van der Waals surface area (Å²) in [6, 6.07) is 12.7. The molecule has 2 aromatic carbocycles. The highest BCUT2D eigenvalue weighted by Crippen LogP contribution is 2.39. The van der Waals surface area contributed by atoms with E-state index in [9.17, 15) is 13.0 Å². The summed E-state index contributed by atoms with van der Waals surface area (Å²) in [7, 11) is -6.05. The Labute approximate surface area is 215 Å². The Balaban J connectivity index is 1.67. The van der Waals surface area contributed by atoms with Crippen molar-refractivity contribution in [3.63, 3.8) is 0 Å². The summed E-state index contributed by atoms with van der Waals surface area (Å²) in [4.78, 5) is 27.6. The molecule has 0 spiro atoms. The normalized spacial score (nSPS) is 12.6. The number of hydrogen-bond acceptors (Lipinski definition) is 7. The van der Waals surface area contributed by atoms with Crippen LogP contribution in [-0.4, -0.2) is 72.2 Å². The number of ether oxygens (including phenoxy) is 1. The van der Waals surface area contributed by atoms with Crippen LogP contribution in [0.3, 0.4) is 0 Å². The van der Waals surface area contributed by atoms with Gasteiger partial charge in [0.05, 0.1) is 22.8 Å². The van der Waals surface area contributed by atoms with Crippen molar-refractivity contribution in [2.45, 2.75) is 18.7 Å². The number of fused-ring (bicyclic) bond motifs is 3. The second-order valence-electron chi connectivity index (χ2n) is 8.80. The van der Waals surface area contributed by atoms with Gasteiger partial charge in [-0.3, -0.25) is 4.52 Å².